The summed E-state index contributed by atoms with van der Waals surface area (Å²) < 4.78 is 10.7. The Bertz CT molecular complexity index is 931. The van der Waals surface area contributed by atoms with Crippen molar-refractivity contribution < 1.29 is 14.3 Å². The average molecular weight is 336 g/mol. The van der Waals surface area contributed by atoms with Crippen molar-refractivity contribution in [2.24, 2.45) is 0 Å². The molecule has 0 aliphatic rings. The van der Waals surface area contributed by atoms with Crippen LogP contribution in [-0.2, 0) is 0 Å². The number of ether oxygens (including phenoxy) is 2. The summed E-state index contributed by atoms with van der Waals surface area (Å²) in [6.07, 6.45) is 1.60. The SMILES string of the molecule is COc1cc(OC)c2ccnc(C(=O)Nc3cc(C)cc(C)c3)c2c1. The van der Waals surface area contributed by atoms with E-state index in [2.05, 4.69) is 16.4 Å². The molecule has 0 spiro atoms. The quantitative estimate of drug-likeness (QED) is 0.778. The van der Waals surface area contributed by atoms with Crippen LogP contribution >= 0.6 is 0 Å². The Balaban J connectivity index is 2.06. The Morgan fingerprint density at radius 3 is 2.32 bits per heavy atom. The third kappa shape index (κ3) is 3.40. The van der Waals surface area contributed by atoms with Gasteiger partial charge in [-0.1, -0.05) is 6.07 Å². The number of carbonyl (C=O) groups is 1. The van der Waals surface area contributed by atoms with Crippen molar-refractivity contribution in [3.05, 3.63) is 59.4 Å². The van der Waals surface area contributed by atoms with Crippen LogP contribution in [0.5, 0.6) is 11.5 Å². The third-order valence-corrected chi connectivity index (χ3v) is 3.97. The lowest BCUT2D eigenvalue weighted by Crippen LogP contribution is -2.14. The highest BCUT2D eigenvalue weighted by Crippen LogP contribution is 2.32. The van der Waals surface area contributed by atoms with E-state index in [1.807, 2.05) is 32.0 Å². The molecule has 128 valence electrons. The molecule has 0 unspecified atom stereocenters. The van der Waals surface area contributed by atoms with Gasteiger partial charge in [0.15, 0.2) is 0 Å². The molecule has 1 heterocycles. The fourth-order valence-corrected chi connectivity index (χ4v) is 2.93. The fourth-order valence-electron chi connectivity index (χ4n) is 2.93. The normalized spacial score (nSPS) is 10.6. The number of pyridine rings is 1. The lowest BCUT2D eigenvalue weighted by molar-refractivity contribution is 0.102. The second-order valence-corrected chi connectivity index (χ2v) is 5.91. The second kappa shape index (κ2) is 6.81. The van der Waals surface area contributed by atoms with Crippen LogP contribution in [-0.4, -0.2) is 25.1 Å². The van der Waals surface area contributed by atoms with Gasteiger partial charge in [0.1, 0.15) is 17.2 Å². The molecule has 0 atom stereocenters. The minimum Gasteiger partial charge on any atom is -0.497 e. The average Bonchev–Trinajstić information content (AvgIpc) is 2.59. The second-order valence-electron chi connectivity index (χ2n) is 5.91. The van der Waals surface area contributed by atoms with E-state index in [9.17, 15) is 4.79 Å². The van der Waals surface area contributed by atoms with E-state index in [1.54, 1.807) is 32.5 Å². The van der Waals surface area contributed by atoms with Crippen LogP contribution in [0.15, 0.2) is 42.6 Å². The summed E-state index contributed by atoms with van der Waals surface area (Å²) in [6.45, 7) is 3.99. The fraction of sp³-hybridized carbons (Fsp3) is 0.200. The molecule has 0 bridgehead atoms. The summed E-state index contributed by atoms with van der Waals surface area (Å²) >= 11 is 0. The molecule has 25 heavy (non-hydrogen) atoms. The van der Waals surface area contributed by atoms with Crippen LogP contribution in [0.1, 0.15) is 21.6 Å². The first-order chi connectivity index (χ1) is 12.0. The molecule has 0 saturated heterocycles. The number of anilines is 1. The lowest BCUT2D eigenvalue weighted by Gasteiger charge is -2.12. The van der Waals surface area contributed by atoms with Gasteiger partial charge in [-0.25, -0.2) is 0 Å². The van der Waals surface area contributed by atoms with E-state index < -0.39 is 0 Å². The van der Waals surface area contributed by atoms with Crippen LogP contribution in [0, 0.1) is 13.8 Å². The van der Waals surface area contributed by atoms with Crippen molar-refractivity contribution in [3.63, 3.8) is 0 Å². The number of fused-ring (bicyclic) bond motifs is 1. The molecule has 0 aliphatic heterocycles. The van der Waals surface area contributed by atoms with Crippen molar-refractivity contribution in [3.8, 4) is 11.5 Å². The molecule has 0 fully saturated rings. The molecule has 5 heteroatoms. The molecule has 2 aromatic carbocycles. The largest absolute Gasteiger partial charge is 0.497 e. The first-order valence-corrected chi connectivity index (χ1v) is 7.92. The zero-order chi connectivity index (χ0) is 18.0. The molecule has 3 rings (SSSR count). The topological polar surface area (TPSA) is 60.5 Å². The standard InChI is InChI=1S/C20H20N2O3/c1-12-7-13(2)9-14(8-12)22-20(23)19-17-10-15(24-3)11-18(25-4)16(17)5-6-21-19/h5-11H,1-4H3,(H,22,23). The van der Waals surface area contributed by atoms with Gasteiger partial charge in [-0.2, -0.15) is 0 Å². The maximum absolute atomic E-state index is 12.8. The van der Waals surface area contributed by atoms with Gasteiger partial charge < -0.3 is 14.8 Å². The van der Waals surface area contributed by atoms with Crippen molar-refractivity contribution in [1.29, 1.82) is 0 Å². The molecule has 5 nitrogen and oxygen atoms in total. The first-order valence-electron chi connectivity index (χ1n) is 7.92. The zero-order valence-corrected chi connectivity index (χ0v) is 14.7. The number of hydrogen-bond donors (Lipinski definition) is 1. The molecule has 0 saturated carbocycles. The van der Waals surface area contributed by atoms with Gasteiger partial charge >= 0.3 is 0 Å². The predicted octanol–water partition coefficient (Wildman–Crippen LogP) is 4.12. The number of nitrogens with one attached hydrogen (secondary N) is 1. The smallest absolute Gasteiger partial charge is 0.274 e. The van der Waals surface area contributed by atoms with Crippen LogP contribution in [0.25, 0.3) is 10.8 Å². The van der Waals surface area contributed by atoms with E-state index in [0.717, 1.165) is 22.2 Å². The Morgan fingerprint density at radius 1 is 0.960 bits per heavy atom. The monoisotopic (exact) mass is 336 g/mol. The van der Waals surface area contributed by atoms with Crippen LogP contribution < -0.4 is 14.8 Å². The van der Waals surface area contributed by atoms with Crippen molar-refractivity contribution in [2.45, 2.75) is 13.8 Å². The number of nitrogens with zero attached hydrogens (tertiary/aromatic N) is 1. The van der Waals surface area contributed by atoms with E-state index in [-0.39, 0.29) is 5.91 Å². The molecule has 0 aliphatic carbocycles. The van der Waals surface area contributed by atoms with Crippen LogP contribution in [0.2, 0.25) is 0 Å². The highest BCUT2D eigenvalue weighted by molar-refractivity contribution is 6.12. The van der Waals surface area contributed by atoms with Crippen molar-refractivity contribution >= 4 is 22.4 Å². The third-order valence-electron chi connectivity index (χ3n) is 3.97. The number of amides is 1. The number of rotatable bonds is 4. The Morgan fingerprint density at radius 2 is 1.68 bits per heavy atom. The number of hydrogen-bond acceptors (Lipinski definition) is 4. The maximum Gasteiger partial charge on any atom is 0.274 e. The molecule has 0 radical (unpaired) electrons. The van der Waals surface area contributed by atoms with Gasteiger partial charge in [0, 0.05) is 28.7 Å². The molecule has 3 aromatic rings. The predicted molar refractivity (Wildman–Crippen MR) is 98.7 cm³/mol. The number of aromatic nitrogens is 1. The molecule has 1 amide bonds. The van der Waals surface area contributed by atoms with E-state index in [4.69, 9.17) is 9.47 Å². The van der Waals surface area contributed by atoms with Crippen molar-refractivity contribution in [1.82, 2.24) is 4.98 Å². The number of carbonyl (C=O) groups excluding carboxylic acids is 1. The minimum absolute atomic E-state index is 0.272. The summed E-state index contributed by atoms with van der Waals surface area (Å²) in [4.78, 5) is 17.1. The van der Waals surface area contributed by atoms with Gasteiger partial charge in [0.2, 0.25) is 0 Å². The van der Waals surface area contributed by atoms with Gasteiger partial charge in [-0.15, -0.1) is 0 Å². The van der Waals surface area contributed by atoms with Crippen LogP contribution in [0.4, 0.5) is 5.69 Å². The Kier molecular flexibility index (Phi) is 4.57. The van der Waals surface area contributed by atoms with E-state index in [0.29, 0.717) is 22.6 Å². The van der Waals surface area contributed by atoms with Crippen molar-refractivity contribution in [2.75, 3.05) is 19.5 Å². The Labute approximate surface area is 146 Å². The molecular weight excluding hydrogens is 316 g/mol. The van der Waals surface area contributed by atoms with E-state index in [1.165, 1.54) is 0 Å². The van der Waals surface area contributed by atoms with Gasteiger partial charge in [0.25, 0.3) is 5.91 Å². The van der Waals surface area contributed by atoms with Gasteiger partial charge in [-0.05, 0) is 49.2 Å². The maximum atomic E-state index is 12.8. The minimum atomic E-state index is -0.272. The summed E-state index contributed by atoms with van der Waals surface area (Å²) in [5.74, 6) is 0.973. The summed E-state index contributed by atoms with van der Waals surface area (Å²) in [7, 11) is 3.16. The Hall–Kier alpha value is -3.08. The zero-order valence-electron chi connectivity index (χ0n) is 14.7. The summed E-state index contributed by atoms with van der Waals surface area (Å²) in [5.41, 5.74) is 3.25. The van der Waals surface area contributed by atoms with Gasteiger partial charge in [0.05, 0.1) is 14.2 Å². The lowest BCUT2D eigenvalue weighted by atomic mass is 10.1. The van der Waals surface area contributed by atoms with Gasteiger partial charge in [-0.3, -0.25) is 9.78 Å². The highest BCUT2D eigenvalue weighted by atomic mass is 16.5. The molecule has 1 N–H and O–H groups in total. The summed E-state index contributed by atoms with van der Waals surface area (Å²) in [6, 6.07) is 11.3. The first kappa shape index (κ1) is 16.8. The molecule has 1 aromatic heterocycles. The molecular formula is C20H20N2O3. The summed E-state index contributed by atoms with van der Waals surface area (Å²) in [5, 5.41) is 4.41. The van der Waals surface area contributed by atoms with E-state index >= 15 is 0 Å². The number of aryl methyl sites for hydroxylation is 2. The number of methoxy groups -OCH3 is 2. The highest BCUT2D eigenvalue weighted by Gasteiger charge is 2.16. The number of benzene rings is 2. The van der Waals surface area contributed by atoms with Crippen LogP contribution in [0.3, 0.4) is 0 Å².